The van der Waals surface area contributed by atoms with Gasteiger partial charge in [0, 0.05) is 24.6 Å². The number of nitrogens with one attached hydrogen (secondary N) is 1. The molecule has 0 spiro atoms. The molecule has 0 bridgehead atoms. The van der Waals surface area contributed by atoms with Crippen LogP contribution >= 0.6 is 0 Å². The maximum absolute atomic E-state index is 12.0. The molecule has 0 fully saturated rings. The Morgan fingerprint density at radius 1 is 1.16 bits per heavy atom. The number of amides is 1. The van der Waals surface area contributed by atoms with Crippen molar-refractivity contribution in [1.29, 1.82) is 0 Å². The van der Waals surface area contributed by atoms with E-state index in [1.807, 2.05) is 45.0 Å². The average molecular weight is 258 g/mol. The zero-order valence-electron chi connectivity index (χ0n) is 11.5. The van der Waals surface area contributed by atoms with Crippen LogP contribution in [0.3, 0.4) is 0 Å². The SMILES string of the molecule is Cc1cc(C)cc(C(=O)NCCc2cc(C)no2)c1. The normalized spacial score (nSPS) is 10.5. The zero-order chi connectivity index (χ0) is 13.8. The van der Waals surface area contributed by atoms with Crippen molar-refractivity contribution in [3.05, 3.63) is 52.4 Å². The molecule has 4 nitrogen and oxygen atoms in total. The number of aromatic nitrogens is 1. The summed E-state index contributed by atoms with van der Waals surface area (Å²) in [5, 5.41) is 6.69. The van der Waals surface area contributed by atoms with E-state index in [-0.39, 0.29) is 5.91 Å². The van der Waals surface area contributed by atoms with Gasteiger partial charge >= 0.3 is 0 Å². The van der Waals surface area contributed by atoms with Gasteiger partial charge in [-0.2, -0.15) is 0 Å². The lowest BCUT2D eigenvalue weighted by molar-refractivity contribution is 0.0953. The lowest BCUT2D eigenvalue weighted by atomic mass is 10.1. The van der Waals surface area contributed by atoms with Crippen LogP contribution in [0.4, 0.5) is 0 Å². The van der Waals surface area contributed by atoms with E-state index in [4.69, 9.17) is 4.52 Å². The Balaban J connectivity index is 1.90. The van der Waals surface area contributed by atoms with E-state index < -0.39 is 0 Å². The Bertz CT molecular complexity index is 567. The first-order valence-corrected chi connectivity index (χ1v) is 6.33. The maximum atomic E-state index is 12.0. The molecule has 19 heavy (non-hydrogen) atoms. The molecule has 100 valence electrons. The summed E-state index contributed by atoms with van der Waals surface area (Å²) in [4.78, 5) is 12.0. The lowest BCUT2D eigenvalue weighted by Crippen LogP contribution is -2.25. The fraction of sp³-hybridized carbons (Fsp3) is 0.333. The largest absolute Gasteiger partial charge is 0.361 e. The van der Waals surface area contributed by atoms with Gasteiger partial charge in [0.2, 0.25) is 0 Å². The van der Waals surface area contributed by atoms with Gasteiger partial charge in [-0.05, 0) is 32.9 Å². The van der Waals surface area contributed by atoms with Gasteiger partial charge in [-0.25, -0.2) is 0 Å². The third kappa shape index (κ3) is 3.68. The second-order valence-electron chi connectivity index (χ2n) is 4.82. The molecule has 4 heteroatoms. The first-order valence-electron chi connectivity index (χ1n) is 6.33. The van der Waals surface area contributed by atoms with Crippen LogP contribution in [0.5, 0.6) is 0 Å². The second kappa shape index (κ2) is 5.69. The first kappa shape index (κ1) is 13.3. The van der Waals surface area contributed by atoms with Crippen molar-refractivity contribution in [1.82, 2.24) is 10.5 Å². The van der Waals surface area contributed by atoms with Crippen molar-refractivity contribution in [2.45, 2.75) is 27.2 Å². The van der Waals surface area contributed by atoms with Gasteiger partial charge in [0.25, 0.3) is 5.91 Å². The van der Waals surface area contributed by atoms with E-state index in [0.29, 0.717) is 18.5 Å². The van der Waals surface area contributed by atoms with E-state index in [9.17, 15) is 4.79 Å². The van der Waals surface area contributed by atoms with Crippen LogP contribution in [0.1, 0.15) is 32.9 Å². The Labute approximate surface area is 112 Å². The molecule has 0 atom stereocenters. The number of rotatable bonds is 4. The highest BCUT2D eigenvalue weighted by atomic mass is 16.5. The van der Waals surface area contributed by atoms with Crippen LogP contribution in [-0.2, 0) is 6.42 Å². The van der Waals surface area contributed by atoms with Crippen LogP contribution in [0.2, 0.25) is 0 Å². The summed E-state index contributed by atoms with van der Waals surface area (Å²) in [5.74, 6) is 0.737. The number of aryl methyl sites for hydroxylation is 3. The van der Waals surface area contributed by atoms with Gasteiger partial charge in [0.1, 0.15) is 5.76 Å². The molecule has 1 amide bonds. The smallest absolute Gasteiger partial charge is 0.251 e. The molecular formula is C15H18N2O2. The monoisotopic (exact) mass is 258 g/mol. The molecule has 1 N–H and O–H groups in total. The molecule has 1 aromatic carbocycles. The minimum absolute atomic E-state index is 0.0527. The molecular weight excluding hydrogens is 240 g/mol. The Kier molecular flexibility index (Phi) is 4.00. The molecule has 0 aliphatic rings. The number of nitrogens with zero attached hydrogens (tertiary/aromatic N) is 1. The maximum Gasteiger partial charge on any atom is 0.251 e. The summed E-state index contributed by atoms with van der Waals surface area (Å²) in [6.45, 7) is 6.39. The fourth-order valence-electron chi connectivity index (χ4n) is 2.04. The highest BCUT2D eigenvalue weighted by Crippen LogP contribution is 2.09. The second-order valence-corrected chi connectivity index (χ2v) is 4.82. The number of carbonyl (C=O) groups is 1. The molecule has 0 radical (unpaired) electrons. The van der Waals surface area contributed by atoms with E-state index in [0.717, 1.165) is 22.6 Å². The van der Waals surface area contributed by atoms with Gasteiger partial charge in [0.15, 0.2) is 0 Å². The summed E-state index contributed by atoms with van der Waals surface area (Å²) in [6, 6.07) is 7.71. The van der Waals surface area contributed by atoms with Crippen molar-refractivity contribution in [2.75, 3.05) is 6.54 Å². The minimum atomic E-state index is -0.0527. The summed E-state index contributed by atoms with van der Waals surface area (Å²) in [6.07, 6.45) is 0.650. The summed E-state index contributed by atoms with van der Waals surface area (Å²) >= 11 is 0. The van der Waals surface area contributed by atoms with Crippen LogP contribution in [0.15, 0.2) is 28.8 Å². The third-order valence-corrected chi connectivity index (χ3v) is 2.82. The van der Waals surface area contributed by atoms with Crippen molar-refractivity contribution < 1.29 is 9.32 Å². The average Bonchev–Trinajstić information content (AvgIpc) is 2.73. The molecule has 0 aliphatic heterocycles. The lowest BCUT2D eigenvalue weighted by Gasteiger charge is -2.06. The predicted molar refractivity (Wildman–Crippen MR) is 73.2 cm³/mol. The number of hydrogen-bond donors (Lipinski definition) is 1. The minimum Gasteiger partial charge on any atom is -0.361 e. The molecule has 2 aromatic rings. The summed E-state index contributed by atoms with van der Waals surface area (Å²) < 4.78 is 5.09. The molecule has 0 saturated carbocycles. The van der Waals surface area contributed by atoms with Gasteiger partial charge in [-0.15, -0.1) is 0 Å². The number of hydrogen-bond acceptors (Lipinski definition) is 3. The zero-order valence-corrected chi connectivity index (χ0v) is 11.5. The topological polar surface area (TPSA) is 55.1 Å². The van der Waals surface area contributed by atoms with E-state index in [1.54, 1.807) is 0 Å². The van der Waals surface area contributed by atoms with Crippen molar-refractivity contribution >= 4 is 5.91 Å². The molecule has 0 saturated heterocycles. The van der Waals surface area contributed by atoms with Crippen molar-refractivity contribution in [3.8, 4) is 0 Å². The van der Waals surface area contributed by atoms with Crippen LogP contribution in [0, 0.1) is 20.8 Å². The van der Waals surface area contributed by atoms with E-state index in [2.05, 4.69) is 10.5 Å². The quantitative estimate of drug-likeness (QED) is 0.917. The number of carbonyl (C=O) groups excluding carboxylic acids is 1. The standard InChI is InChI=1S/C15H18N2O2/c1-10-6-11(2)8-13(7-10)15(18)16-5-4-14-9-12(3)17-19-14/h6-9H,4-5H2,1-3H3,(H,16,18). The van der Waals surface area contributed by atoms with Gasteiger partial charge in [-0.1, -0.05) is 22.3 Å². The molecule has 2 rings (SSSR count). The Morgan fingerprint density at radius 3 is 2.42 bits per heavy atom. The molecule has 0 unspecified atom stereocenters. The highest BCUT2D eigenvalue weighted by molar-refractivity contribution is 5.94. The Morgan fingerprint density at radius 2 is 1.84 bits per heavy atom. The fourth-order valence-corrected chi connectivity index (χ4v) is 2.04. The molecule has 1 heterocycles. The summed E-state index contributed by atoms with van der Waals surface area (Å²) in [5.41, 5.74) is 3.74. The van der Waals surface area contributed by atoms with E-state index in [1.165, 1.54) is 0 Å². The van der Waals surface area contributed by atoms with Gasteiger partial charge in [0.05, 0.1) is 5.69 Å². The Hall–Kier alpha value is -2.10. The van der Waals surface area contributed by atoms with Crippen molar-refractivity contribution in [3.63, 3.8) is 0 Å². The molecule has 1 aromatic heterocycles. The van der Waals surface area contributed by atoms with Crippen molar-refractivity contribution in [2.24, 2.45) is 0 Å². The molecule has 0 aliphatic carbocycles. The van der Waals surface area contributed by atoms with Gasteiger partial charge < -0.3 is 9.84 Å². The van der Waals surface area contributed by atoms with E-state index >= 15 is 0 Å². The van der Waals surface area contributed by atoms with Gasteiger partial charge in [-0.3, -0.25) is 4.79 Å². The highest BCUT2D eigenvalue weighted by Gasteiger charge is 2.07. The van der Waals surface area contributed by atoms with Crippen LogP contribution in [0.25, 0.3) is 0 Å². The predicted octanol–water partition coefficient (Wildman–Crippen LogP) is 2.57. The van der Waals surface area contributed by atoms with Crippen LogP contribution in [-0.4, -0.2) is 17.6 Å². The summed E-state index contributed by atoms with van der Waals surface area (Å²) in [7, 11) is 0. The number of benzene rings is 1. The van der Waals surface area contributed by atoms with Crippen LogP contribution < -0.4 is 5.32 Å². The first-order chi connectivity index (χ1) is 9.04. The third-order valence-electron chi connectivity index (χ3n) is 2.82.